The van der Waals surface area contributed by atoms with Gasteiger partial charge in [0.2, 0.25) is 0 Å². The zero-order chi connectivity index (χ0) is 15.1. The van der Waals surface area contributed by atoms with E-state index in [2.05, 4.69) is 34.0 Å². The van der Waals surface area contributed by atoms with Crippen LogP contribution in [0.25, 0.3) is 0 Å². The second kappa shape index (κ2) is 7.79. The molecular weight excluding hydrogens is 254 g/mol. The third kappa shape index (κ3) is 4.77. The molecule has 6 heteroatoms. The van der Waals surface area contributed by atoms with Gasteiger partial charge in [0.1, 0.15) is 17.3 Å². The highest BCUT2D eigenvalue weighted by atomic mass is 16.1. The largest absolute Gasteiger partial charge is 0.357 e. The van der Waals surface area contributed by atoms with Crippen molar-refractivity contribution < 1.29 is 4.79 Å². The first-order valence-electron chi connectivity index (χ1n) is 7.01. The lowest BCUT2D eigenvalue weighted by Crippen LogP contribution is -2.32. The molecule has 0 unspecified atom stereocenters. The highest BCUT2D eigenvalue weighted by molar-refractivity contribution is 5.92. The van der Waals surface area contributed by atoms with Crippen molar-refractivity contribution in [1.29, 1.82) is 0 Å². The van der Waals surface area contributed by atoms with Crippen LogP contribution in [0.3, 0.4) is 0 Å². The van der Waals surface area contributed by atoms with Crippen molar-refractivity contribution in [3.63, 3.8) is 0 Å². The molecular formula is C14H25N5O. The molecule has 0 aliphatic heterocycles. The van der Waals surface area contributed by atoms with Gasteiger partial charge in [0.25, 0.3) is 5.91 Å². The summed E-state index contributed by atoms with van der Waals surface area (Å²) in [7, 11) is 3.94. The van der Waals surface area contributed by atoms with Gasteiger partial charge in [-0.1, -0.05) is 0 Å². The van der Waals surface area contributed by atoms with Gasteiger partial charge in [-0.3, -0.25) is 4.79 Å². The van der Waals surface area contributed by atoms with E-state index in [0.29, 0.717) is 18.1 Å². The maximum Gasteiger partial charge on any atom is 0.270 e. The number of carbonyl (C=O) groups excluding carboxylic acids is 1. The summed E-state index contributed by atoms with van der Waals surface area (Å²) in [5.41, 5.74) is 0.429. The third-order valence-corrected chi connectivity index (χ3v) is 2.99. The quantitative estimate of drug-likeness (QED) is 0.804. The van der Waals surface area contributed by atoms with Crippen molar-refractivity contribution in [3.8, 4) is 0 Å². The van der Waals surface area contributed by atoms with Gasteiger partial charge in [0.15, 0.2) is 0 Å². The van der Waals surface area contributed by atoms with Crippen LogP contribution in [0.5, 0.6) is 0 Å². The lowest BCUT2D eigenvalue weighted by molar-refractivity contribution is 0.0945. The molecule has 1 N–H and O–H groups in total. The molecule has 1 rings (SSSR count). The zero-order valence-electron chi connectivity index (χ0n) is 13.1. The molecule has 112 valence electrons. The van der Waals surface area contributed by atoms with Gasteiger partial charge in [0.05, 0.1) is 0 Å². The number of carbonyl (C=O) groups is 1. The summed E-state index contributed by atoms with van der Waals surface area (Å²) in [6.07, 6.45) is 0. The summed E-state index contributed by atoms with van der Waals surface area (Å²) in [5.74, 6) is 1.28. The molecule has 6 nitrogen and oxygen atoms in total. The van der Waals surface area contributed by atoms with Crippen molar-refractivity contribution in [2.45, 2.75) is 20.8 Å². The molecule has 1 aromatic heterocycles. The van der Waals surface area contributed by atoms with E-state index in [1.165, 1.54) is 0 Å². The average Bonchev–Trinajstić information content (AvgIpc) is 2.39. The van der Waals surface area contributed by atoms with Crippen molar-refractivity contribution in [3.05, 3.63) is 17.6 Å². The molecule has 0 fully saturated rings. The SMILES string of the molecule is CCN(CC)c1cc(C(=O)NCCN(C)C)nc(C)n1. The van der Waals surface area contributed by atoms with Gasteiger partial charge in [-0.25, -0.2) is 9.97 Å². The number of aromatic nitrogens is 2. The minimum atomic E-state index is -0.147. The van der Waals surface area contributed by atoms with E-state index in [1.54, 1.807) is 6.07 Å². The minimum absolute atomic E-state index is 0.147. The van der Waals surface area contributed by atoms with E-state index >= 15 is 0 Å². The third-order valence-electron chi connectivity index (χ3n) is 2.99. The monoisotopic (exact) mass is 279 g/mol. The molecule has 1 amide bonds. The zero-order valence-corrected chi connectivity index (χ0v) is 13.1. The van der Waals surface area contributed by atoms with Crippen LogP contribution < -0.4 is 10.2 Å². The van der Waals surface area contributed by atoms with Crippen LogP contribution >= 0.6 is 0 Å². The van der Waals surface area contributed by atoms with Crippen LogP contribution in [0.15, 0.2) is 6.07 Å². The van der Waals surface area contributed by atoms with Crippen molar-refractivity contribution >= 4 is 11.7 Å². The Labute approximate surface area is 121 Å². The maximum atomic E-state index is 12.1. The molecule has 1 aromatic rings. The van der Waals surface area contributed by atoms with Crippen LogP contribution in [-0.2, 0) is 0 Å². The van der Waals surface area contributed by atoms with E-state index < -0.39 is 0 Å². The Morgan fingerprint density at radius 2 is 1.90 bits per heavy atom. The summed E-state index contributed by atoms with van der Waals surface area (Å²) in [4.78, 5) is 24.8. The fourth-order valence-electron chi connectivity index (χ4n) is 1.86. The second-order valence-corrected chi connectivity index (χ2v) is 4.89. The standard InChI is InChI=1S/C14H25N5O/c1-6-19(7-2)13-10-12(16-11(3)17-13)14(20)15-8-9-18(4)5/h10H,6-9H2,1-5H3,(H,15,20). The van der Waals surface area contributed by atoms with E-state index in [-0.39, 0.29) is 5.91 Å². The number of anilines is 1. The number of aryl methyl sites for hydroxylation is 1. The normalized spacial score (nSPS) is 10.7. The highest BCUT2D eigenvalue weighted by Crippen LogP contribution is 2.12. The van der Waals surface area contributed by atoms with Gasteiger partial charge in [-0.05, 0) is 34.9 Å². The Kier molecular flexibility index (Phi) is 6.38. The van der Waals surface area contributed by atoms with E-state index in [4.69, 9.17) is 0 Å². The molecule has 0 bridgehead atoms. The van der Waals surface area contributed by atoms with Gasteiger partial charge in [0, 0.05) is 32.2 Å². The molecule has 0 aromatic carbocycles. The van der Waals surface area contributed by atoms with Crippen molar-refractivity contribution in [2.24, 2.45) is 0 Å². The minimum Gasteiger partial charge on any atom is -0.357 e. The summed E-state index contributed by atoms with van der Waals surface area (Å²) in [6.45, 7) is 9.07. The first kappa shape index (κ1) is 16.4. The fraction of sp³-hybridized carbons (Fsp3) is 0.643. The number of likely N-dealkylation sites (N-methyl/N-ethyl adjacent to an activating group) is 1. The Balaban J connectivity index is 2.81. The molecule has 0 aliphatic carbocycles. The average molecular weight is 279 g/mol. The molecule has 0 atom stereocenters. The Morgan fingerprint density at radius 1 is 1.25 bits per heavy atom. The molecule has 0 saturated carbocycles. The molecule has 1 heterocycles. The smallest absolute Gasteiger partial charge is 0.270 e. The number of amides is 1. The van der Waals surface area contributed by atoms with Crippen LogP contribution in [-0.4, -0.2) is 61.0 Å². The topological polar surface area (TPSA) is 61.4 Å². The predicted molar refractivity (Wildman–Crippen MR) is 81.2 cm³/mol. The van der Waals surface area contributed by atoms with Crippen LogP contribution in [0.1, 0.15) is 30.2 Å². The summed E-state index contributed by atoms with van der Waals surface area (Å²) in [6, 6.07) is 1.75. The van der Waals surface area contributed by atoms with Gasteiger partial charge >= 0.3 is 0 Å². The van der Waals surface area contributed by atoms with Gasteiger partial charge in [-0.2, -0.15) is 0 Å². The lowest BCUT2D eigenvalue weighted by atomic mass is 10.3. The highest BCUT2D eigenvalue weighted by Gasteiger charge is 2.12. The van der Waals surface area contributed by atoms with E-state index in [0.717, 1.165) is 25.5 Å². The summed E-state index contributed by atoms with van der Waals surface area (Å²) in [5, 5.41) is 2.87. The molecule has 0 radical (unpaired) electrons. The van der Waals surface area contributed by atoms with Crippen LogP contribution in [0.4, 0.5) is 5.82 Å². The molecule has 0 saturated heterocycles. The number of hydrogen-bond acceptors (Lipinski definition) is 5. The van der Waals surface area contributed by atoms with Gasteiger partial charge < -0.3 is 15.1 Å². The van der Waals surface area contributed by atoms with Crippen molar-refractivity contribution in [1.82, 2.24) is 20.2 Å². The predicted octanol–water partition coefficient (Wildman–Crippen LogP) is 0.923. The van der Waals surface area contributed by atoms with Gasteiger partial charge in [-0.15, -0.1) is 0 Å². The lowest BCUT2D eigenvalue weighted by Gasteiger charge is -2.20. The first-order chi connectivity index (χ1) is 9.47. The Hall–Kier alpha value is -1.69. The van der Waals surface area contributed by atoms with Crippen LogP contribution in [0.2, 0.25) is 0 Å². The number of rotatable bonds is 7. The summed E-state index contributed by atoms with van der Waals surface area (Å²) >= 11 is 0. The Bertz CT molecular complexity index is 443. The van der Waals surface area contributed by atoms with Crippen LogP contribution in [0, 0.1) is 6.92 Å². The first-order valence-corrected chi connectivity index (χ1v) is 7.01. The van der Waals surface area contributed by atoms with E-state index in [9.17, 15) is 4.79 Å². The second-order valence-electron chi connectivity index (χ2n) is 4.89. The number of nitrogens with zero attached hydrogens (tertiary/aromatic N) is 4. The molecule has 0 spiro atoms. The molecule has 0 aliphatic rings. The Morgan fingerprint density at radius 3 is 2.45 bits per heavy atom. The molecule has 20 heavy (non-hydrogen) atoms. The fourth-order valence-corrected chi connectivity index (χ4v) is 1.86. The van der Waals surface area contributed by atoms with E-state index in [1.807, 2.05) is 25.9 Å². The van der Waals surface area contributed by atoms with Crippen molar-refractivity contribution in [2.75, 3.05) is 45.2 Å². The maximum absolute atomic E-state index is 12.1. The summed E-state index contributed by atoms with van der Waals surface area (Å²) < 4.78 is 0. The number of hydrogen-bond donors (Lipinski definition) is 1. The number of nitrogens with one attached hydrogen (secondary N) is 1.